The van der Waals surface area contributed by atoms with E-state index in [4.69, 9.17) is 0 Å². The van der Waals surface area contributed by atoms with Gasteiger partial charge >= 0.3 is 27.3 Å². The van der Waals surface area contributed by atoms with Crippen molar-refractivity contribution in [1.82, 2.24) is 0 Å². The van der Waals surface area contributed by atoms with Crippen LogP contribution in [0.2, 0.25) is 0 Å². The molecular formula is C6H3N3O9Pb. The molecule has 0 fully saturated rings. The minimum atomic E-state index is -1.75. The third kappa shape index (κ3) is 3.44. The number of hydrogen-bond donors (Lipinski definition) is 0. The molecule has 0 heterocycles. The molecule has 0 saturated heterocycles. The third-order valence-electron chi connectivity index (χ3n) is 1.74. The molecule has 1 rings (SSSR count). The summed E-state index contributed by atoms with van der Waals surface area (Å²) in [5.74, 6) is -3.51. The first-order valence-electron chi connectivity index (χ1n) is 3.75. The summed E-state index contributed by atoms with van der Waals surface area (Å²) < 4.78 is 0. The fourth-order valence-electron chi connectivity index (χ4n) is 1.04. The summed E-state index contributed by atoms with van der Waals surface area (Å²) in [7, 11) is 0. The molecule has 0 atom stereocenters. The second kappa shape index (κ2) is 6.73. The molecule has 2 radical (unpaired) electrons. The minimum Gasteiger partial charge on any atom is -0.863 e. The number of nitrogens with zero attached hydrogens (tertiary/aromatic N) is 3. The molecule has 0 amide bonds. The SMILES string of the molecule is O.O=[N+]([O-])c1cc([N+](=O)[O-])c([O-])c([N+](=O)[O-])c1[O-].[Pb+2]. The first kappa shape index (κ1) is 19.2. The Morgan fingerprint density at radius 2 is 1.11 bits per heavy atom. The van der Waals surface area contributed by atoms with Gasteiger partial charge in [-0.3, -0.25) is 30.3 Å². The molecule has 2 N–H and O–H groups in total. The predicted molar refractivity (Wildman–Crippen MR) is 54.7 cm³/mol. The van der Waals surface area contributed by atoms with Crippen LogP contribution in [0.1, 0.15) is 0 Å². The minimum absolute atomic E-state index is 0. The van der Waals surface area contributed by atoms with Crippen molar-refractivity contribution >= 4 is 44.4 Å². The van der Waals surface area contributed by atoms with E-state index in [1.54, 1.807) is 0 Å². The monoisotopic (exact) mass is 469 g/mol. The zero-order valence-electron chi connectivity index (χ0n) is 8.68. The van der Waals surface area contributed by atoms with Crippen LogP contribution in [-0.4, -0.2) is 47.5 Å². The Morgan fingerprint density at radius 1 is 0.789 bits per heavy atom. The normalized spacial score (nSPS) is 8.84. The second-order valence-corrected chi connectivity index (χ2v) is 2.69. The summed E-state index contributed by atoms with van der Waals surface area (Å²) in [6, 6.07) is 0.109. The topological polar surface area (TPSA) is 207 Å². The number of rotatable bonds is 3. The Morgan fingerprint density at radius 3 is 1.32 bits per heavy atom. The van der Waals surface area contributed by atoms with Crippen molar-refractivity contribution in [3.8, 4) is 11.5 Å². The van der Waals surface area contributed by atoms with Crippen LogP contribution in [0.5, 0.6) is 11.5 Å². The summed E-state index contributed by atoms with van der Waals surface area (Å²) in [6.07, 6.45) is 0. The van der Waals surface area contributed by atoms with Crippen LogP contribution in [-0.2, 0) is 0 Å². The van der Waals surface area contributed by atoms with Gasteiger partial charge in [0.1, 0.15) is 0 Å². The van der Waals surface area contributed by atoms with Gasteiger partial charge in [0, 0.05) is 0 Å². The van der Waals surface area contributed by atoms with E-state index in [0.29, 0.717) is 0 Å². The molecule has 1 aromatic carbocycles. The standard InChI is InChI=1S/C6H3N3O8.H2O.Pb/c10-5-2(7(12)13)1-3(8(14)15)6(11)4(5)9(16)17;;/h1,10-11H;1H2;/q;;+2/p-2. The van der Waals surface area contributed by atoms with Crippen molar-refractivity contribution in [3.05, 3.63) is 36.4 Å². The van der Waals surface area contributed by atoms with E-state index in [9.17, 15) is 40.6 Å². The molecule has 100 valence electrons. The molecule has 13 heteroatoms. The largest absolute Gasteiger partial charge is 2.00 e. The Labute approximate surface area is 123 Å². The summed E-state index contributed by atoms with van der Waals surface area (Å²) >= 11 is 0. The van der Waals surface area contributed by atoms with Crippen LogP contribution < -0.4 is 10.2 Å². The van der Waals surface area contributed by atoms with Crippen molar-refractivity contribution in [3.63, 3.8) is 0 Å². The summed E-state index contributed by atoms with van der Waals surface area (Å²) in [5, 5.41) is 53.3. The molecule has 0 saturated carbocycles. The van der Waals surface area contributed by atoms with Gasteiger partial charge in [0.05, 0.1) is 32.3 Å². The second-order valence-electron chi connectivity index (χ2n) is 2.69. The molecule has 0 aliphatic carbocycles. The first-order valence-corrected chi connectivity index (χ1v) is 3.75. The van der Waals surface area contributed by atoms with Gasteiger partial charge in [-0.1, -0.05) is 0 Å². The Balaban J connectivity index is 0. The van der Waals surface area contributed by atoms with E-state index in [1.165, 1.54) is 0 Å². The van der Waals surface area contributed by atoms with Crippen LogP contribution in [0.4, 0.5) is 17.1 Å². The van der Waals surface area contributed by atoms with Crippen molar-refractivity contribution in [2.24, 2.45) is 0 Å². The molecule has 0 spiro atoms. The van der Waals surface area contributed by atoms with Crippen molar-refractivity contribution < 1.29 is 30.5 Å². The molecule has 1 aromatic rings. The number of nitro benzene ring substituents is 3. The summed E-state index contributed by atoms with van der Waals surface area (Å²) in [4.78, 5) is 26.9. The van der Waals surface area contributed by atoms with Gasteiger partial charge in [-0.15, -0.1) is 0 Å². The van der Waals surface area contributed by atoms with E-state index in [1.807, 2.05) is 0 Å². The summed E-state index contributed by atoms with van der Waals surface area (Å²) in [5.41, 5.74) is -4.48. The maximum atomic E-state index is 11.1. The van der Waals surface area contributed by atoms with E-state index in [2.05, 4.69) is 0 Å². The molecular weight excluding hydrogens is 465 g/mol. The molecule has 0 bridgehead atoms. The fourth-order valence-corrected chi connectivity index (χ4v) is 1.04. The van der Waals surface area contributed by atoms with Crippen LogP contribution >= 0.6 is 0 Å². The first-order chi connectivity index (χ1) is 7.77. The zero-order chi connectivity index (χ0) is 13.3. The van der Waals surface area contributed by atoms with Gasteiger partial charge in [0.15, 0.2) is 0 Å². The van der Waals surface area contributed by atoms with Crippen LogP contribution in [0, 0.1) is 30.3 Å². The van der Waals surface area contributed by atoms with Crippen LogP contribution in [0.3, 0.4) is 0 Å². The fraction of sp³-hybridized carbons (Fsp3) is 0. The maximum absolute atomic E-state index is 11.1. The molecule has 0 aromatic heterocycles. The number of hydrogen-bond acceptors (Lipinski definition) is 8. The van der Waals surface area contributed by atoms with Crippen molar-refractivity contribution in [1.29, 1.82) is 0 Å². The van der Waals surface area contributed by atoms with E-state index in [-0.39, 0.29) is 38.8 Å². The number of benzene rings is 1. The quantitative estimate of drug-likeness (QED) is 0.284. The molecule has 0 unspecified atom stereocenters. The maximum Gasteiger partial charge on any atom is 2.00 e. The molecule has 19 heavy (non-hydrogen) atoms. The van der Waals surface area contributed by atoms with Gasteiger partial charge in [0.25, 0.3) is 17.1 Å². The van der Waals surface area contributed by atoms with Crippen LogP contribution in [0.15, 0.2) is 6.07 Å². The molecule has 0 aliphatic heterocycles. The van der Waals surface area contributed by atoms with Gasteiger partial charge in [-0.25, -0.2) is 0 Å². The van der Waals surface area contributed by atoms with Crippen molar-refractivity contribution in [2.45, 2.75) is 0 Å². The van der Waals surface area contributed by atoms with Gasteiger partial charge in [0.2, 0.25) is 0 Å². The van der Waals surface area contributed by atoms with Crippen molar-refractivity contribution in [2.75, 3.05) is 0 Å². The third-order valence-corrected chi connectivity index (χ3v) is 1.74. The number of nitro groups is 3. The van der Waals surface area contributed by atoms with E-state index in [0.717, 1.165) is 0 Å². The van der Waals surface area contributed by atoms with Gasteiger partial charge in [-0.2, -0.15) is 0 Å². The predicted octanol–water partition coefficient (Wildman–Crippen LogP) is -1.65. The zero-order valence-corrected chi connectivity index (χ0v) is 12.6. The molecule has 0 aliphatic rings. The molecule has 12 nitrogen and oxygen atoms in total. The summed E-state index contributed by atoms with van der Waals surface area (Å²) in [6.45, 7) is 0. The Kier molecular flexibility index (Phi) is 6.82. The average molecular weight is 468 g/mol. The Hall–Kier alpha value is -2.10. The smallest absolute Gasteiger partial charge is 0.863 e. The average Bonchev–Trinajstić information content (AvgIpc) is 2.15. The van der Waals surface area contributed by atoms with E-state index < -0.39 is 43.3 Å². The van der Waals surface area contributed by atoms with Crippen LogP contribution in [0.25, 0.3) is 0 Å². The van der Waals surface area contributed by atoms with E-state index >= 15 is 0 Å². The van der Waals surface area contributed by atoms with Gasteiger partial charge in [-0.05, 0) is 0 Å². The van der Waals surface area contributed by atoms with Gasteiger partial charge < -0.3 is 15.7 Å². The Bertz CT molecular complexity index is 507.